The largest absolute Gasteiger partial charge is 0.468 e. The lowest BCUT2D eigenvalue weighted by Gasteiger charge is -2.14. The molecule has 1 amide bonds. The zero-order valence-electron chi connectivity index (χ0n) is 16.4. The van der Waals surface area contributed by atoms with Crippen LogP contribution in [0.25, 0.3) is 11.0 Å². The molecule has 0 aliphatic rings. The lowest BCUT2D eigenvalue weighted by Crippen LogP contribution is -2.37. The molecule has 0 aliphatic carbocycles. The van der Waals surface area contributed by atoms with Crippen LogP contribution in [0.4, 0.5) is 11.4 Å². The van der Waals surface area contributed by atoms with Gasteiger partial charge in [-0.2, -0.15) is 0 Å². The smallest absolute Gasteiger partial charge is 0.323 e. The van der Waals surface area contributed by atoms with Crippen molar-refractivity contribution in [1.82, 2.24) is 9.97 Å². The quantitative estimate of drug-likeness (QED) is 0.198. The van der Waals surface area contributed by atoms with E-state index >= 15 is 0 Å². The molecule has 0 aliphatic heterocycles. The van der Waals surface area contributed by atoms with Crippen LogP contribution in [0.5, 0.6) is 0 Å². The number of ether oxygens (including phenoxy) is 1. The fraction of sp³-hybridized carbons (Fsp3) is 0.150. The van der Waals surface area contributed by atoms with Crippen LogP contribution in [-0.4, -0.2) is 39.7 Å². The fourth-order valence-electron chi connectivity index (χ4n) is 2.89. The Morgan fingerprint density at radius 1 is 1.19 bits per heavy atom. The second kappa shape index (κ2) is 8.53. The van der Waals surface area contributed by atoms with Crippen LogP contribution >= 0.6 is 0 Å². The van der Waals surface area contributed by atoms with Gasteiger partial charge in [0.1, 0.15) is 5.69 Å². The minimum absolute atomic E-state index is 0.0309. The van der Waals surface area contributed by atoms with Crippen LogP contribution in [0.3, 0.4) is 0 Å². The molecule has 0 spiro atoms. The van der Waals surface area contributed by atoms with Crippen molar-refractivity contribution in [2.24, 2.45) is 0 Å². The van der Waals surface area contributed by atoms with E-state index < -0.39 is 39.8 Å². The maximum Gasteiger partial charge on any atom is 0.323 e. The van der Waals surface area contributed by atoms with Crippen molar-refractivity contribution in [2.75, 3.05) is 12.4 Å². The summed E-state index contributed by atoms with van der Waals surface area (Å²) in [6.45, 7) is 1.71. The number of nitrogens with zero attached hydrogens (tertiary/aromatic N) is 2. The SMILES string of the molecule is COC(=O)[C@H](C(=O)C(=O)Nc1ccccc1C)c1nc2ccc([N+](=O)[O-])cc2[nH]c1=O. The number of methoxy groups -OCH3 is 1. The van der Waals surface area contributed by atoms with E-state index in [2.05, 4.69) is 20.0 Å². The monoisotopic (exact) mass is 424 g/mol. The standard InChI is InChI=1S/C20H16N4O7/c1-10-5-3-4-6-12(10)22-19(27)17(25)15(20(28)31-2)16-18(26)23-14-9-11(24(29)30)7-8-13(14)21-16/h3-9,15H,1-2H3,(H,22,27)(H,23,26)/t15-/m0/s1. The van der Waals surface area contributed by atoms with Gasteiger partial charge >= 0.3 is 5.97 Å². The number of nitro benzene ring substituents is 1. The third-order valence-corrected chi connectivity index (χ3v) is 4.50. The topological polar surface area (TPSA) is 161 Å². The summed E-state index contributed by atoms with van der Waals surface area (Å²) < 4.78 is 4.61. The van der Waals surface area contributed by atoms with Crippen LogP contribution in [0, 0.1) is 17.0 Å². The highest BCUT2D eigenvalue weighted by molar-refractivity contribution is 6.45. The zero-order chi connectivity index (χ0) is 22.7. The van der Waals surface area contributed by atoms with Gasteiger partial charge in [0.05, 0.1) is 23.1 Å². The molecule has 0 fully saturated rings. The molecule has 1 heterocycles. The van der Waals surface area contributed by atoms with E-state index in [1.54, 1.807) is 31.2 Å². The lowest BCUT2D eigenvalue weighted by atomic mass is 9.99. The number of fused-ring (bicyclic) bond motifs is 1. The van der Waals surface area contributed by atoms with E-state index in [0.29, 0.717) is 11.3 Å². The molecule has 11 heteroatoms. The highest BCUT2D eigenvalue weighted by atomic mass is 16.6. The predicted octanol–water partition coefficient (Wildman–Crippen LogP) is 1.60. The number of anilines is 1. The molecular weight excluding hydrogens is 408 g/mol. The maximum absolute atomic E-state index is 12.8. The average Bonchev–Trinajstić information content (AvgIpc) is 2.75. The van der Waals surface area contributed by atoms with Gasteiger partial charge in [-0.05, 0) is 24.6 Å². The summed E-state index contributed by atoms with van der Waals surface area (Å²) in [5.74, 6) is -5.44. The number of non-ortho nitro benzene ring substituents is 1. The van der Waals surface area contributed by atoms with Crippen LogP contribution in [-0.2, 0) is 19.1 Å². The summed E-state index contributed by atoms with van der Waals surface area (Å²) in [6, 6.07) is 10.2. The zero-order valence-corrected chi connectivity index (χ0v) is 16.4. The number of rotatable bonds is 6. The molecule has 0 unspecified atom stereocenters. The second-order valence-electron chi connectivity index (χ2n) is 6.50. The number of aromatic amines is 1. The number of Topliss-reactive ketones (excluding diaryl/α,β-unsaturated/α-hetero) is 1. The molecule has 31 heavy (non-hydrogen) atoms. The third-order valence-electron chi connectivity index (χ3n) is 4.50. The van der Waals surface area contributed by atoms with Crippen molar-refractivity contribution in [2.45, 2.75) is 12.8 Å². The molecule has 3 rings (SSSR count). The Labute approximate surface area is 174 Å². The van der Waals surface area contributed by atoms with Gasteiger partial charge in [0.25, 0.3) is 17.2 Å². The van der Waals surface area contributed by atoms with Crippen molar-refractivity contribution in [3.63, 3.8) is 0 Å². The van der Waals surface area contributed by atoms with Gasteiger partial charge in [-0.15, -0.1) is 0 Å². The molecule has 0 bridgehead atoms. The predicted molar refractivity (Wildman–Crippen MR) is 109 cm³/mol. The number of aromatic nitrogens is 2. The van der Waals surface area contributed by atoms with Gasteiger partial charge in [-0.25, -0.2) is 4.98 Å². The first-order chi connectivity index (χ1) is 14.7. The molecule has 0 radical (unpaired) electrons. The van der Waals surface area contributed by atoms with E-state index in [4.69, 9.17) is 0 Å². The summed E-state index contributed by atoms with van der Waals surface area (Å²) in [5, 5.41) is 13.3. The number of aryl methyl sites for hydroxylation is 1. The highest BCUT2D eigenvalue weighted by Crippen LogP contribution is 2.21. The third kappa shape index (κ3) is 4.29. The van der Waals surface area contributed by atoms with E-state index in [-0.39, 0.29) is 16.7 Å². The molecule has 158 valence electrons. The Kier molecular flexibility index (Phi) is 5.86. The fourth-order valence-corrected chi connectivity index (χ4v) is 2.89. The first-order valence-electron chi connectivity index (χ1n) is 8.90. The number of carbonyl (C=O) groups excluding carboxylic acids is 3. The number of esters is 1. The van der Waals surface area contributed by atoms with Crippen LogP contribution in [0.2, 0.25) is 0 Å². The van der Waals surface area contributed by atoms with Gasteiger partial charge in [0.2, 0.25) is 5.78 Å². The lowest BCUT2D eigenvalue weighted by molar-refractivity contribution is -0.384. The number of benzene rings is 2. The summed E-state index contributed by atoms with van der Waals surface area (Å²) in [4.78, 5) is 66.8. The minimum Gasteiger partial charge on any atom is -0.468 e. The molecule has 11 nitrogen and oxygen atoms in total. The van der Waals surface area contributed by atoms with E-state index in [9.17, 15) is 29.3 Å². The van der Waals surface area contributed by atoms with Crippen LogP contribution in [0.15, 0.2) is 47.3 Å². The maximum atomic E-state index is 12.8. The van der Waals surface area contributed by atoms with Crippen molar-refractivity contribution >= 4 is 40.1 Å². The van der Waals surface area contributed by atoms with E-state index in [1.165, 1.54) is 6.07 Å². The molecule has 0 saturated heterocycles. The Morgan fingerprint density at radius 2 is 1.90 bits per heavy atom. The summed E-state index contributed by atoms with van der Waals surface area (Å²) >= 11 is 0. The van der Waals surface area contributed by atoms with Crippen LogP contribution in [0.1, 0.15) is 17.2 Å². The molecule has 1 aromatic heterocycles. The van der Waals surface area contributed by atoms with E-state index in [0.717, 1.165) is 19.2 Å². The van der Waals surface area contributed by atoms with Gasteiger partial charge in [-0.1, -0.05) is 18.2 Å². The number of carbonyl (C=O) groups is 3. The van der Waals surface area contributed by atoms with Crippen molar-refractivity contribution in [3.8, 4) is 0 Å². The number of nitrogens with one attached hydrogen (secondary N) is 2. The number of para-hydroxylation sites is 1. The molecule has 2 N–H and O–H groups in total. The molecular formula is C20H16N4O7. The first kappa shape index (κ1) is 21.3. The average molecular weight is 424 g/mol. The van der Waals surface area contributed by atoms with Gasteiger partial charge in [0, 0.05) is 17.8 Å². The summed E-state index contributed by atoms with van der Waals surface area (Å²) in [6.07, 6.45) is 0. The number of hydrogen-bond acceptors (Lipinski definition) is 8. The Balaban J connectivity index is 2.03. The molecule has 3 aromatic rings. The first-order valence-corrected chi connectivity index (χ1v) is 8.90. The van der Waals surface area contributed by atoms with Crippen molar-refractivity contribution in [3.05, 3.63) is 74.2 Å². The highest BCUT2D eigenvalue weighted by Gasteiger charge is 2.38. The number of nitro groups is 1. The van der Waals surface area contributed by atoms with Crippen LogP contribution < -0.4 is 10.9 Å². The molecule has 1 atom stereocenters. The number of hydrogen-bond donors (Lipinski definition) is 2. The summed E-state index contributed by atoms with van der Waals surface area (Å²) in [5.41, 5.74) is -0.641. The Morgan fingerprint density at radius 3 is 2.55 bits per heavy atom. The Bertz CT molecular complexity index is 1280. The molecule has 2 aromatic carbocycles. The summed E-state index contributed by atoms with van der Waals surface area (Å²) in [7, 11) is 1.00. The van der Waals surface area contributed by atoms with E-state index in [1.807, 2.05) is 0 Å². The Hall–Kier alpha value is -4.41. The number of ketones is 1. The van der Waals surface area contributed by atoms with Crippen molar-refractivity contribution < 1.29 is 24.0 Å². The van der Waals surface area contributed by atoms with Gasteiger partial charge in [0.15, 0.2) is 5.92 Å². The number of H-pyrrole nitrogens is 1. The second-order valence-corrected chi connectivity index (χ2v) is 6.50. The van der Waals surface area contributed by atoms with Gasteiger partial charge < -0.3 is 15.0 Å². The molecule has 0 saturated carbocycles. The van der Waals surface area contributed by atoms with Crippen molar-refractivity contribution in [1.29, 1.82) is 0 Å². The normalized spacial score (nSPS) is 11.5. The number of amides is 1. The minimum atomic E-state index is -1.92. The van der Waals surface area contributed by atoms with Gasteiger partial charge in [-0.3, -0.25) is 29.3 Å².